The number of ether oxygens (including phenoxy) is 2. The Kier molecular flexibility index (Phi) is 5.87. The SMILES string of the molecule is COc1ccc(C(CN)NCc2cccs2)c(Cl)c1OC. The number of hydrogen-bond donors (Lipinski definition) is 2. The quantitative estimate of drug-likeness (QED) is 0.820. The summed E-state index contributed by atoms with van der Waals surface area (Å²) in [4.78, 5) is 1.25. The minimum absolute atomic E-state index is 0.0422. The van der Waals surface area contributed by atoms with E-state index in [-0.39, 0.29) is 6.04 Å². The van der Waals surface area contributed by atoms with E-state index >= 15 is 0 Å². The molecule has 0 aliphatic rings. The van der Waals surface area contributed by atoms with E-state index in [0.29, 0.717) is 23.1 Å². The van der Waals surface area contributed by atoms with Gasteiger partial charge in [0, 0.05) is 24.0 Å². The molecule has 0 saturated carbocycles. The van der Waals surface area contributed by atoms with Crippen LogP contribution in [0.2, 0.25) is 5.02 Å². The zero-order valence-corrected chi connectivity index (χ0v) is 13.6. The third-order valence-electron chi connectivity index (χ3n) is 3.23. The Morgan fingerprint density at radius 1 is 1.29 bits per heavy atom. The maximum Gasteiger partial charge on any atom is 0.179 e. The average Bonchev–Trinajstić information content (AvgIpc) is 3.02. The van der Waals surface area contributed by atoms with E-state index in [4.69, 9.17) is 26.8 Å². The maximum atomic E-state index is 6.43. The Morgan fingerprint density at radius 3 is 2.67 bits per heavy atom. The van der Waals surface area contributed by atoms with Gasteiger partial charge in [-0.05, 0) is 23.1 Å². The summed E-state index contributed by atoms with van der Waals surface area (Å²) in [6.45, 7) is 1.20. The summed E-state index contributed by atoms with van der Waals surface area (Å²) >= 11 is 8.14. The summed E-state index contributed by atoms with van der Waals surface area (Å²) in [6, 6.07) is 7.83. The summed E-state index contributed by atoms with van der Waals surface area (Å²) in [5.74, 6) is 1.15. The number of nitrogens with two attached hydrogens (primary N) is 1. The van der Waals surface area contributed by atoms with Gasteiger partial charge in [-0.1, -0.05) is 23.7 Å². The number of methoxy groups -OCH3 is 2. The molecular weight excluding hydrogens is 308 g/mol. The summed E-state index contributed by atoms with van der Waals surface area (Å²) in [6.07, 6.45) is 0. The minimum atomic E-state index is -0.0422. The number of benzene rings is 1. The van der Waals surface area contributed by atoms with Gasteiger partial charge in [0.05, 0.1) is 19.2 Å². The van der Waals surface area contributed by atoms with Crippen LogP contribution in [0.5, 0.6) is 11.5 Å². The minimum Gasteiger partial charge on any atom is -0.493 e. The molecule has 0 aliphatic heterocycles. The largest absolute Gasteiger partial charge is 0.493 e. The molecule has 0 spiro atoms. The molecular formula is C15H19ClN2O2S. The fourth-order valence-corrected chi connectivity index (χ4v) is 3.15. The Morgan fingerprint density at radius 2 is 2.10 bits per heavy atom. The molecule has 1 unspecified atom stereocenters. The van der Waals surface area contributed by atoms with Gasteiger partial charge in [-0.3, -0.25) is 0 Å². The first kappa shape index (κ1) is 16.1. The van der Waals surface area contributed by atoms with Crippen molar-refractivity contribution in [3.63, 3.8) is 0 Å². The number of thiophene rings is 1. The molecule has 0 fully saturated rings. The molecule has 114 valence electrons. The van der Waals surface area contributed by atoms with Crippen molar-refractivity contribution in [2.45, 2.75) is 12.6 Å². The molecule has 2 rings (SSSR count). The van der Waals surface area contributed by atoms with Crippen molar-refractivity contribution in [1.82, 2.24) is 5.32 Å². The van der Waals surface area contributed by atoms with Gasteiger partial charge in [0.25, 0.3) is 0 Å². The highest BCUT2D eigenvalue weighted by molar-refractivity contribution is 7.09. The number of nitrogens with one attached hydrogen (secondary N) is 1. The van der Waals surface area contributed by atoms with E-state index in [9.17, 15) is 0 Å². The average molecular weight is 327 g/mol. The molecule has 1 atom stereocenters. The van der Waals surface area contributed by atoms with E-state index < -0.39 is 0 Å². The molecule has 6 heteroatoms. The maximum absolute atomic E-state index is 6.43. The number of rotatable bonds is 7. The normalized spacial score (nSPS) is 12.2. The van der Waals surface area contributed by atoms with Gasteiger partial charge in [-0.2, -0.15) is 0 Å². The van der Waals surface area contributed by atoms with Crippen LogP contribution in [0.1, 0.15) is 16.5 Å². The van der Waals surface area contributed by atoms with Gasteiger partial charge < -0.3 is 20.5 Å². The molecule has 2 aromatic rings. The third-order valence-corrected chi connectivity index (χ3v) is 4.50. The molecule has 0 radical (unpaired) electrons. The zero-order chi connectivity index (χ0) is 15.2. The van der Waals surface area contributed by atoms with E-state index in [1.54, 1.807) is 25.6 Å². The second-order valence-corrected chi connectivity index (χ2v) is 5.86. The fourth-order valence-electron chi connectivity index (χ4n) is 2.13. The van der Waals surface area contributed by atoms with E-state index in [1.807, 2.05) is 18.2 Å². The Balaban J connectivity index is 2.21. The van der Waals surface area contributed by atoms with Gasteiger partial charge in [0.15, 0.2) is 11.5 Å². The summed E-state index contributed by atoms with van der Waals surface area (Å²) in [5.41, 5.74) is 6.80. The monoisotopic (exact) mass is 326 g/mol. The second kappa shape index (κ2) is 7.66. The standard InChI is InChI=1S/C15H19ClN2O2S/c1-19-13-6-5-11(14(16)15(13)20-2)12(8-17)18-9-10-4-3-7-21-10/h3-7,12,18H,8-9,17H2,1-2H3. The van der Waals surface area contributed by atoms with Crippen LogP contribution in [0, 0.1) is 0 Å². The predicted molar refractivity (Wildman–Crippen MR) is 87.5 cm³/mol. The second-order valence-electron chi connectivity index (χ2n) is 4.45. The van der Waals surface area contributed by atoms with Gasteiger partial charge in [-0.15, -0.1) is 11.3 Å². The van der Waals surface area contributed by atoms with E-state index in [0.717, 1.165) is 12.1 Å². The molecule has 1 aromatic carbocycles. The summed E-state index contributed by atoms with van der Waals surface area (Å²) in [7, 11) is 3.16. The van der Waals surface area contributed by atoms with Gasteiger partial charge in [0.1, 0.15) is 0 Å². The lowest BCUT2D eigenvalue weighted by Crippen LogP contribution is -2.28. The molecule has 0 aliphatic carbocycles. The van der Waals surface area contributed by atoms with Crippen molar-refractivity contribution in [1.29, 1.82) is 0 Å². The third kappa shape index (κ3) is 3.68. The van der Waals surface area contributed by atoms with Crippen molar-refractivity contribution in [2.75, 3.05) is 20.8 Å². The molecule has 1 heterocycles. The lowest BCUT2D eigenvalue weighted by Gasteiger charge is -2.20. The number of halogens is 1. The molecule has 1 aromatic heterocycles. The van der Waals surface area contributed by atoms with Crippen LogP contribution in [0.3, 0.4) is 0 Å². The molecule has 0 saturated heterocycles. The van der Waals surface area contributed by atoms with Crippen LogP contribution < -0.4 is 20.5 Å². The van der Waals surface area contributed by atoms with Crippen LogP contribution in [-0.4, -0.2) is 20.8 Å². The lowest BCUT2D eigenvalue weighted by atomic mass is 10.1. The fraction of sp³-hybridized carbons (Fsp3) is 0.333. The highest BCUT2D eigenvalue weighted by atomic mass is 35.5. The van der Waals surface area contributed by atoms with Crippen LogP contribution >= 0.6 is 22.9 Å². The highest BCUT2D eigenvalue weighted by Gasteiger charge is 2.19. The van der Waals surface area contributed by atoms with Crippen molar-refractivity contribution in [3.05, 3.63) is 45.1 Å². The van der Waals surface area contributed by atoms with Crippen molar-refractivity contribution in [3.8, 4) is 11.5 Å². The lowest BCUT2D eigenvalue weighted by molar-refractivity contribution is 0.354. The van der Waals surface area contributed by atoms with Gasteiger partial charge in [-0.25, -0.2) is 0 Å². The molecule has 0 bridgehead atoms. The topological polar surface area (TPSA) is 56.5 Å². The van der Waals surface area contributed by atoms with Crippen LogP contribution in [0.15, 0.2) is 29.6 Å². The Hall–Kier alpha value is -1.27. The number of hydrogen-bond acceptors (Lipinski definition) is 5. The Labute approximate surface area is 133 Å². The zero-order valence-electron chi connectivity index (χ0n) is 12.1. The van der Waals surface area contributed by atoms with Crippen LogP contribution in [-0.2, 0) is 6.54 Å². The first-order chi connectivity index (χ1) is 10.2. The summed E-state index contributed by atoms with van der Waals surface area (Å²) in [5, 5.41) is 6.01. The first-order valence-electron chi connectivity index (χ1n) is 6.57. The Bertz CT molecular complexity index is 575. The van der Waals surface area contributed by atoms with E-state index in [2.05, 4.69) is 16.8 Å². The van der Waals surface area contributed by atoms with Crippen molar-refractivity contribution >= 4 is 22.9 Å². The molecule has 21 heavy (non-hydrogen) atoms. The van der Waals surface area contributed by atoms with Crippen LogP contribution in [0.4, 0.5) is 0 Å². The molecule has 0 amide bonds. The van der Waals surface area contributed by atoms with Crippen LogP contribution in [0.25, 0.3) is 0 Å². The predicted octanol–water partition coefficient (Wildman–Crippen LogP) is 3.21. The first-order valence-corrected chi connectivity index (χ1v) is 7.83. The highest BCUT2D eigenvalue weighted by Crippen LogP contribution is 2.39. The van der Waals surface area contributed by atoms with E-state index in [1.165, 1.54) is 4.88 Å². The summed E-state index contributed by atoms with van der Waals surface area (Å²) < 4.78 is 10.6. The van der Waals surface area contributed by atoms with Gasteiger partial charge in [0.2, 0.25) is 0 Å². The smallest absolute Gasteiger partial charge is 0.179 e. The van der Waals surface area contributed by atoms with Gasteiger partial charge >= 0.3 is 0 Å². The van der Waals surface area contributed by atoms with Crippen molar-refractivity contribution in [2.24, 2.45) is 5.73 Å². The molecule has 3 N–H and O–H groups in total. The van der Waals surface area contributed by atoms with Crippen molar-refractivity contribution < 1.29 is 9.47 Å². The molecule has 4 nitrogen and oxygen atoms in total.